The van der Waals surface area contributed by atoms with Gasteiger partial charge < -0.3 is 10.7 Å². The van der Waals surface area contributed by atoms with E-state index in [0.717, 1.165) is 15.2 Å². The lowest BCUT2D eigenvalue weighted by atomic mass is 10.3. The Morgan fingerprint density at radius 2 is 2.26 bits per heavy atom. The van der Waals surface area contributed by atoms with E-state index in [2.05, 4.69) is 15.2 Å². The van der Waals surface area contributed by atoms with Crippen molar-refractivity contribution in [3.05, 3.63) is 35.6 Å². The van der Waals surface area contributed by atoms with Gasteiger partial charge in [0, 0.05) is 7.05 Å². The van der Waals surface area contributed by atoms with Crippen molar-refractivity contribution in [3.63, 3.8) is 0 Å². The zero-order valence-corrected chi connectivity index (χ0v) is 14.3. The van der Waals surface area contributed by atoms with Crippen molar-refractivity contribution in [1.82, 2.24) is 24.8 Å². The molecule has 0 aliphatic carbocycles. The number of hydrogen-bond acceptors (Lipinski definition) is 7. The highest BCUT2D eigenvalue weighted by molar-refractivity contribution is 7.99. The number of nitrogens with two attached hydrogens (primary N) is 1. The number of carbonyl (C=O) groups excluding carboxylic acids is 1. The lowest BCUT2D eigenvalue weighted by molar-refractivity contribution is -0.128. The molecule has 0 bridgehead atoms. The predicted molar refractivity (Wildman–Crippen MR) is 91.7 cm³/mol. The predicted octanol–water partition coefficient (Wildman–Crippen LogP) is 1.91. The van der Waals surface area contributed by atoms with Crippen molar-refractivity contribution in [2.75, 3.05) is 18.6 Å². The fourth-order valence-electron chi connectivity index (χ4n) is 2.01. The molecule has 0 fully saturated rings. The Morgan fingerprint density at radius 1 is 1.48 bits per heavy atom. The average molecular weight is 348 g/mol. The second-order valence-electron chi connectivity index (χ2n) is 5.01. The number of benzene rings is 1. The number of thioether (sulfide) groups is 1. The Labute approximate surface area is 141 Å². The number of carbonyl (C=O) groups is 1. The molecule has 120 valence electrons. The second-order valence-corrected chi connectivity index (χ2v) is 7.01. The zero-order chi connectivity index (χ0) is 16.4. The summed E-state index contributed by atoms with van der Waals surface area (Å²) in [6.07, 6.45) is 1.40. The molecule has 1 aromatic carbocycles. The van der Waals surface area contributed by atoms with Crippen LogP contribution in [0.25, 0.3) is 10.2 Å². The minimum absolute atomic E-state index is 0.00949. The number of fused-ring (bicyclic) bond motifs is 1. The summed E-state index contributed by atoms with van der Waals surface area (Å²) < 4.78 is 2.43. The van der Waals surface area contributed by atoms with Gasteiger partial charge in [0.15, 0.2) is 0 Å². The highest BCUT2D eigenvalue weighted by Gasteiger charge is 2.21. The van der Waals surface area contributed by atoms with E-state index in [1.54, 1.807) is 23.3 Å². The number of aromatic nitrogens is 4. The maximum Gasteiger partial charge on any atom is 0.233 e. The number of nitrogen functional groups attached to an aromatic ring is 1. The summed E-state index contributed by atoms with van der Waals surface area (Å²) in [5.41, 5.74) is 0.964. The first kappa shape index (κ1) is 15.8. The molecular weight excluding hydrogens is 332 g/mol. The molecule has 0 saturated carbocycles. The minimum Gasteiger partial charge on any atom is -0.336 e. The Hall–Kier alpha value is -2.13. The number of para-hydroxylation sites is 1. The molecule has 23 heavy (non-hydrogen) atoms. The normalized spacial score (nSPS) is 12.4. The van der Waals surface area contributed by atoms with Gasteiger partial charge >= 0.3 is 0 Å². The highest BCUT2D eigenvalue weighted by Crippen LogP contribution is 2.29. The first-order valence-corrected chi connectivity index (χ1v) is 8.75. The van der Waals surface area contributed by atoms with E-state index in [1.807, 2.05) is 31.2 Å². The Morgan fingerprint density at radius 3 is 2.96 bits per heavy atom. The van der Waals surface area contributed by atoms with Crippen molar-refractivity contribution in [2.24, 2.45) is 0 Å². The van der Waals surface area contributed by atoms with Crippen molar-refractivity contribution in [2.45, 2.75) is 18.1 Å². The summed E-state index contributed by atoms with van der Waals surface area (Å²) in [4.78, 5) is 18.7. The molecule has 7 nitrogen and oxygen atoms in total. The van der Waals surface area contributed by atoms with E-state index in [9.17, 15) is 4.79 Å². The first-order valence-electron chi connectivity index (χ1n) is 6.95. The molecule has 0 radical (unpaired) electrons. The highest BCUT2D eigenvalue weighted by atomic mass is 32.2. The topological polar surface area (TPSA) is 89.9 Å². The van der Waals surface area contributed by atoms with Gasteiger partial charge in [0.2, 0.25) is 11.1 Å². The SMILES string of the molecule is C[C@@H](c1nc2ccccc2s1)N(C)C(=O)CSc1nncn1N. The van der Waals surface area contributed by atoms with Gasteiger partial charge in [-0.1, -0.05) is 23.9 Å². The van der Waals surface area contributed by atoms with Crippen molar-refractivity contribution in [1.29, 1.82) is 0 Å². The lowest BCUT2D eigenvalue weighted by Crippen LogP contribution is -2.31. The van der Waals surface area contributed by atoms with Crippen LogP contribution in [0.15, 0.2) is 35.7 Å². The van der Waals surface area contributed by atoms with Crippen LogP contribution in [0, 0.1) is 0 Å². The van der Waals surface area contributed by atoms with E-state index in [1.165, 1.54) is 22.8 Å². The molecule has 2 heterocycles. The maximum atomic E-state index is 12.4. The fourth-order valence-corrected chi connectivity index (χ4v) is 3.83. The number of thiazole rings is 1. The van der Waals surface area contributed by atoms with Gasteiger partial charge in [-0.2, -0.15) is 0 Å². The van der Waals surface area contributed by atoms with Crippen LogP contribution in [-0.2, 0) is 4.79 Å². The van der Waals surface area contributed by atoms with Crippen LogP contribution in [0.4, 0.5) is 0 Å². The van der Waals surface area contributed by atoms with Gasteiger partial charge in [-0.05, 0) is 19.1 Å². The molecule has 0 unspecified atom stereocenters. The van der Waals surface area contributed by atoms with E-state index in [0.29, 0.717) is 5.16 Å². The summed E-state index contributed by atoms with van der Waals surface area (Å²) in [5, 5.41) is 8.97. The summed E-state index contributed by atoms with van der Waals surface area (Å²) >= 11 is 2.88. The number of rotatable bonds is 5. The quantitative estimate of drug-likeness (QED) is 0.559. The van der Waals surface area contributed by atoms with Crippen LogP contribution in [-0.4, -0.2) is 43.5 Å². The number of nitrogens with zero attached hydrogens (tertiary/aromatic N) is 5. The van der Waals surface area contributed by atoms with Gasteiger partial charge in [0.05, 0.1) is 22.0 Å². The Balaban J connectivity index is 1.67. The van der Waals surface area contributed by atoms with E-state index in [-0.39, 0.29) is 17.7 Å². The molecule has 3 rings (SSSR count). The van der Waals surface area contributed by atoms with Crippen LogP contribution in [0.2, 0.25) is 0 Å². The summed E-state index contributed by atoms with van der Waals surface area (Å²) in [6, 6.07) is 7.88. The van der Waals surface area contributed by atoms with Crippen LogP contribution in [0.5, 0.6) is 0 Å². The largest absolute Gasteiger partial charge is 0.336 e. The van der Waals surface area contributed by atoms with Gasteiger partial charge in [0.1, 0.15) is 11.3 Å². The summed E-state index contributed by atoms with van der Waals surface area (Å²) in [6.45, 7) is 1.98. The van der Waals surface area contributed by atoms with Crippen LogP contribution in [0.3, 0.4) is 0 Å². The number of amides is 1. The smallest absolute Gasteiger partial charge is 0.233 e. The summed E-state index contributed by atoms with van der Waals surface area (Å²) in [5.74, 6) is 5.88. The van der Waals surface area contributed by atoms with Crippen molar-refractivity contribution >= 4 is 39.2 Å². The van der Waals surface area contributed by atoms with Crippen LogP contribution < -0.4 is 5.84 Å². The van der Waals surface area contributed by atoms with Crippen molar-refractivity contribution in [3.8, 4) is 0 Å². The number of hydrogen-bond donors (Lipinski definition) is 1. The van der Waals surface area contributed by atoms with Gasteiger partial charge in [-0.15, -0.1) is 21.5 Å². The molecule has 1 atom stereocenters. The molecule has 0 aliphatic rings. The monoisotopic (exact) mass is 348 g/mol. The van der Waals surface area contributed by atoms with Crippen molar-refractivity contribution < 1.29 is 4.79 Å². The molecule has 0 saturated heterocycles. The van der Waals surface area contributed by atoms with Gasteiger partial charge in [-0.3, -0.25) is 4.79 Å². The molecule has 2 aromatic heterocycles. The lowest BCUT2D eigenvalue weighted by Gasteiger charge is -2.22. The third-order valence-electron chi connectivity index (χ3n) is 3.51. The van der Waals surface area contributed by atoms with E-state index >= 15 is 0 Å². The van der Waals surface area contributed by atoms with Gasteiger partial charge in [0.25, 0.3) is 0 Å². The van der Waals surface area contributed by atoms with Crippen LogP contribution >= 0.6 is 23.1 Å². The minimum atomic E-state index is -0.0868. The standard InChI is InChI=1S/C14H16N6OS2/c1-9(13-17-10-5-3-4-6-11(10)23-13)19(2)12(21)7-22-14-18-16-8-20(14)15/h3-6,8-9H,7,15H2,1-2H3/t9-/m0/s1. The maximum absolute atomic E-state index is 12.4. The molecule has 0 aliphatic heterocycles. The Kier molecular flexibility index (Phi) is 4.49. The first-order chi connectivity index (χ1) is 11.1. The summed E-state index contributed by atoms with van der Waals surface area (Å²) in [7, 11) is 1.78. The molecule has 1 amide bonds. The molecule has 9 heteroatoms. The third kappa shape index (κ3) is 3.30. The Bertz CT molecular complexity index is 796. The van der Waals surface area contributed by atoms with E-state index in [4.69, 9.17) is 5.84 Å². The zero-order valence-electron chi connectivity index (χ0n) is 12.7. The molecule has 3 aromatic rings. The molecule has 2 N–H and O–H groups in total. The van der Waals surface area contributed by atoms with Gasteiger partial charge in [-0.25, -0.2) is 9.66 Å². The van der Waals surface area contributed by atoms with E-state index < -0.39 is 0 Å². The molecular formula is C14H16N6OS2. The average Bonchev–Trinajstić information content (AvgIpc) is 3.17. The molecule has 0 spiro atoms. The van der Waals surface area contributed by atoms with Crippen LogP contribution in [0.1, 0.15) is 18.0 Å². The second kappa shape index (κ2) is 6.55. The fraction of sp³-hybridized carbons (Fsp3) is 0.286. The third-order valence-corrected chi connectivity index (χ3v) is 5.66.